The van der Waals surface area contributed by atoms with Gasteiger partial charge in [-0.25, -0.2) is 14.0 Å². The molecule has 1 aliphatic rings. The van der Waals surface area contributed by atoms with Crippen molar-refractivity contribution in [1.29, 1.82) is 0 Å². The van der Waals surface area contributed by atoms with Gasteiger partial charge in [-0.3, -0.25) is 4.79 Å². The summed E-state index contributed by atoms with van der Waals surface area (Å²) in [7, 11) is 0. The molecule has 3 rings (SSSR count). The third kappa shape index (κ3) is 7.66. The van der Waals surface area contributed by atoms with Gasteiger partial charge in [0.25, 0.3) is 0 Å². The molecular formula is C23H27FN2O6. The van der Waals surface area contributed by atoms with Gasteiger partial charge in [0, 0.05) is 6.54 Å². The highest BCUT2D eigenvalue weighted by Gasteiger charge is 2.23. The highest BCUT2D eigenvalue weighted by atomic mass is 19.1. The number of aryl methyl sites for hydroxylation is 1. The van der Waals surface area contributed by atoms with Crippen LogP contribution < -0.4 is 15.4 Å². The van der Waals surface area contributed by atoms with Gasteiger partial charge in [0.1, 0.15) is 6.61 Å². The topological polar surface area (TPSA) is 125 Å². The second kappa shape index (κ2) is 12.4. The van der Waals surface area contributed by atoms with Crippen molar-refractivity contribution in [3.8, 4) is 5.75 Å². The third-order valence-corrected chi connectivity index (χ3v) is 4.91. The van der Waals surface area contributed by atoms with Gasteiger partial charge in [0.2, 0.25) is 5.91 Å². The second-order valence-electron chi connectivity index (χ2n) is 7.22. The molecule has 9 heteroatoms. The number of hydrogen-bond donors (Lipinski definition) is 4. The Hall–Kier alpha value is -3.46. The summed E-state index contributed by atoms with van der Waals surface area (Å²) in [5, 5.41) is 21.0. The Bertz CT molecular complexity index is 924. The first-order valence-corrected chi connectivity index (χ1v) is 10.2. The number of halogens is 1. The van der Waals surface area contributed by atoms with E-state index in [4.69, 9.17) is 24.5 Å². The molecule has 0 saturated heterocycles. The third-order valence-electron chi connectivity index (χ3n) is 4.91. The fourth-order valence-electron chi connectivity index (χ4n) is 3.29. The lowest BCUT2D eigenvalue weighted by Crippen LogP contribution is -2.45. The molecule has 172 valence electrons. The molecule has 0 radical (unpaired) electrons. The average molecular weight is 446 g/mol. The van der Waals surface area contributed by atoms with Crippen molar-refractivity contribution >= 4 is 17.8 Å². The smallest absolute Gasteiger partial charge is 0.414 e. The van der Waals surface area contributed by atoms with Crippen LogP contribution in [0.3, 0.4) is 0 Å². The molecular weight excluding hydrogens is 419 g/mol. The molecule has 2 aromatic carbocycles. The number of carbonyl (C=O) groups is 3. The van der Waals surface area contributed by atoms with Gasteiger partial charge in [0.05, 0.1) is 12.1 Å². The number of carboxylic acids is 2. The maximum atomic E-state index is 13.5. The van der Waals surface area contributed by atoms with E-state index in [0.717, 1.165) is 19.3 Å². The van der Waals surface area contributed by atoms with Crippen LogP contribution in [-0.2, 0) is 20.8 Å². The molecule has 0 spiro atoms. The van der Waals surface area contributed by atoms with Crippen LogP contribution in [0, 0.1) is 5.82 Å². The number of carbonyl (C=O) groups excluding carboxylic acids is 1. The Labute approximate surface area is 185 Å². The Balaban J connectivity index is 0.000000534. The zero-order valence-electron chi connectivity index (χ0n) is 17.7. The first-order chi connectivity index (χ1) is 15.3. The number of hydrogen-bond acceptors (Lipinski definition) is 5. The van der Waals surface area contributed by atoms with Crippen LogP contribution in [0.5, 0.6) is 5.75 Å². The minimum Gasteiger partial charge on any atom is -0.489 e. The van der Waals surface area contributed by atoms with Crippen molar-refractivity contribution in [2.45, 2.75) is 38.3 Å². The van der Waals surface area contributed by atoms with E-state index < -0.39 is 11.9 Å². The van der Waals surface area contributed by atoms with Gasteiger partial charge in [-0.05, 0) is 49.4 Å². The van der Waals surface area contributed by atoms with Crippen LogP contribution in [0.15, 0.2) is 48.5 Å². The molecule has 2 atom stereocenters. The summed E-state index contributed by atoms with van der Waals surface area (Å²) in [4.78, 5) is 30.7. The molecule has 32 heavy (non-hydrogen) atoms. The van der Waals surface area contributed by atoms with Gasteiger partial charge < -0.3 is 25.6 Å². The van der Waals surface area contributed by atoms with Crippen molar-refractivity contribution < 1.29 is 33.7 Å². The lowest BCUT2D eigenvalue weighted by Gasteiger charge is -2.27. The van der Waals surface area contributed by atoms with Crippen LogP contribution in [0.4, 0.5) is 4.39 Å². The van der Waals surface area contributed by atoms with Crippen molar-refractivity contribution in [3.63, 3.8) is 0 Å². The average Bonchev–Trinajstić information content (AvgIpc) is 2.78. The van der Waals surface area contributed by atoms with Crippen LogP contribution in [-0.4, -0.2) is 47.3 Å². The van der Waals surface area contributed by atoms with E-state index in [1.807, 2.05) is 19.1 Å². The zero-order chi connectivity index (χ0) is 23.5. The van der Waals surface area contributed by atoms with E-state index in [1.54, 1.807) is 18.2 Å². The first-order valence-electron chi connectivity index (χ1n) is 10.2. The molecule has 2 unspecified atom stereocenters. The van der Waals surface area contributed by atoms with Crippen LogP contribution in [0.25, 0.3) is 0 Å². The fraction of sp³-hybridized carbons (Fsp3) is 0.348. The van der Waals surface area contributed by atoms with Crippen LogP contribution in [0.2, 0.25) is 0 Å². The number of para-hydroxylation sites is 1. The monoisotopic (exact) mass is 446 g/mol. The Morgan fingerprint density at radius 1 is 1.09 bits per heavy atom. The Morgan fingerprint density at radius 2 is 1.75 bits per heavy atom. The van der Waals surface area contributed by atoms with E-state index in [-0.39, 0.29) is 29.6 Å². The minimum absolute atomic E-state index is 0.0300. The standard InChI is InChI=1S/C21H25FN2O2.C2H2O4/c1-15(23-13-14-26-20-12-5-4-10-18(20)22)21(25)24-19-11-6-8-16-7-2-3-9-17(16)19;3-1(4)2(5)6/h2-5,7,9-10,12,15,19,23H,6,8,11,13-14H2,1H3,(H,24,25);(H,3,4)(H,5,6). The lowest BCUT2D eigenvalue weighted by molar-refractivity contribution is -0.159. The zero-order valence-corrected chi connectivity index (χ0v) is 17.7. The van der Waals surface area contributed by atoms with E-state index in [1.165, 1.54) is 17.2 Å². The molecule has 2 aromatic rings. The Morgan fingerprint density at radius 3 is 2.44 bits per heavy atom. The number of ether oxygens (including phenoxy) is 1. The maximum Gasteiger partial charge on any atom is 0.414 e. The number of aliphatic carboxylic acids is 2. The molecule has 0 aromatic heterocycles. The van der Waals surface area contributed by atoms with Crippen molar-refractivity contribution in [1.82, 2.24) is 10.6 Å². The molecule has 4 N–H and O–H groups in total. The number of rotatable bonds is 7. The second-order valence-corrected chi connectivity index (χ2v) is 7.22. The fourth-order valence-corrected chi connectivity index (χ4v) is 3.29. The Kier molecular flexibility index (Phi) is 9.62. The largest absolute Gasteiger partial charge is 0.489 e. The minimum atomic E-state index is -1.82. The summed E-state index contributed by atoms with van der Waals surface area (Å²) in [6, 6.07) is 14.3. The summed E-state index contributed by atoms with van der Waals surface area (Å²) < 4.78 is 18.9. The number of amides is 1. The van der Waals surface area contributed by atoms with E-state index >= 15 is 0 Å². The van der Waals surface area contributed by atoms with Crippen molar-refractivity contribution in [3.05, 3.63) is 65.5 Å². The predicted molar refractivity (Wildman–Crippen MR) is 115 cm³/mol. The molecule has 1 amide bonds. The van der Waals surface area contributed by atoms with Crippen LogP contribution in [0.1, 0.15) is 36.9 Å². The van der Waals surface area contributed by atoms with Gasteiger partial charge in [-0.15, -0.1) is 0 Å². The molecule has 0 fully saturated rings. The normalized spacial score (nSPS) is 15.4. The van der Waals surface area contributed by atoms with E-state index in [0.29, 0.717) is 13.2 Å². The van der Waals surface area contributed by atoms with Gasteiger partial charge >= 0.3 is 11.9 Å². The summed E-state index contributed by atoms with van der Waals surface area (Å²) >= 11 is 0. The molecule has 0 bridgehead atoms. The molecule has 0 saturated carbocycles. The molecule has 1 aliphatic carbocycles. The van der Waals surface area contributed by atoms with Crippen molar-refractivity contribution in [2.24, 2.45) is 0 Å². The summed E-state index contributed by atoms with van der Waals surface area (Å²) in [5.41, 5.74) is 2.55. The highest BCUT2D eigenvalue weighted by Crippen LogP contribution is 2.29. The molecule has 0 aliphatic heterocycles. The molecule has 8 nitrogen and oxygen atoms in total. The highest BCUT2D eigenvalue weighted by molar-refractivity contribution is 6.27. The van der Waals surface area contributed by atoms with Gasteiger partial charge in [0.15, 0.2) is 11.6 Å². The van der Waals surface area contributed by atoms with Crippen LogP contribution >= 0.6 is 0 Å². The maximum absolute atomic E-state index is 13.5. The number of carboxylic acid groups (broad SMARTS) is 2. The first kappa shape index (κ1) is 24.8. The summed E-state index contributed by atoms with van der Waals surface area (Å²) in [6.07, 6.45) is 3.12. The summed E-state index contributed by atoms with van der Waals surface area (Å²) in [6.45, 7) is 2.59. The molecule has 0 heterocycles. The predicted octanol–water partition coefficient (Wildman–Crippen LogP) is 2.53. The number of fused-ring (bicyclic) bond motifs is 1. The lowest BCUT2D eigenvalue weighted by atomic mass is 9.87. The summed E-state index contributed by atoms with van der Waals surface area (Å²) in [5.74, 6) is -3.83. The van der Waals surface area contributed by atoms with Gasteiger partial charge in [-0.1, -0.05) is 36.4 Å². The number of benzene rings is 2. The van der Waals surface area contributed by atoms with Gasteiger partial charge in [-0.2, -0.15) is 0 Å². The van der Waals surface area contributed by atoms with Crippen molar-refractivity contribution in [2.75, 3.05) is 13.2 Å². The quantitative estimate of drug-likeness (QED) is 0.380. The van der Waals surface area contributed by atoms with E-state index in [9.17, 15) is 9.18 Å². The SMILES string of the molecule is CC(NCCOc1ccccc1F)C(=O)NC1CCCc2ccccc21.O=C(O)C(=O)O. The van der Waals surface area contributed by atoms with E-state index in [2.05, 4.69) is 22.8 Å². The number of nitrogens with one attached hydrogen (secondary N) is 2.